The quantitative estimate of drug-likeness (QED) is 0.557. The third kappa shape index (κ3) is 3.15. The standard InChI is InChI=1S/C11H11NOS/c1-3-9-12(10(2)13)14-11-7-5-4-6-8-11/h1,4-8H,9H2,2H3. The van der Waals surface area contributed by atoms with Crippen molar-refractivity contribution >= 4 is 17.9 Å². The fourth-order valence-corrected chi connectivity index (χ4v) is 1.70. The Labute approximate surface area is 88.4 Å². The van der Waals surface area contributed by atoms with Crippen LogP contribution in [0.15, 0.2) is 35.2 Å². The first-order valence-corrected chi connectivity index (χ1v) is 4.96. The molecule has 0 heterocycles. The Morgan fingerprint density at radius 2 is 2.14 bits per heavy atom. The molecule has 14 heavy (non-hydrogen) atoms. The first-order valence-electron chi connectivity index (χ1n) is 4.18. The normalized spacial score (nSPS) is 9.14. The minimum absolute atomic E-state index is 0.0307. The van der Waals surface area contributed by atoms with Crippen molar-refractivity contribution < 1.29 is 4.79 Å². The molecule has 72 valence electrons. The highest BCUT2D eigenvalue weighted by molar-refractivity contribution is 7.97. The van der Waals surface area contributed by atoms with Crippen LogP contribution in [0, 0.1) is 12.3 Å². The fourth-order valence-electron chi connectivity index (χ4n) is 0.899. The van der Waals surface area contributed by atoms with E-state index in [-0.39, 0.29) is 5.91 Å². The Morgan fingerprint density at radius 3 is 2.64 bits per heavy atom. The van der Waals surface area contributed by atoms with Crippen molar-refractivity contribution in [3.63, 3.8) is 0 Å². The van der Waals surface area contributed by atoms with Crippen LogP contribution >= 0.6 is 11.9 Å². The molecular formula is C11H11NOS. The molecule has 0 fully saturated rings. The molecule has 0 atom stereocenters. The molecule has 1 amide bonds. The van der Waals surface area contributed by atoms with Gasteiger partial charge in [-0.15, -0.1) is 6.42 Å². The van der Waals surface area contributed by atoms with Gasteiger partial charge in [-0.3, -0.25) is 9.10 Å². The molecule has 2 nitrogen and oxygen atoms in total. The zero-order valence-electron chi connectivity index (χ0n) is 7.93. The maximum Gasteiger partial charge on any atom is 0.230 e. The van der Waals surface area contributed by atoms with E-state index in [0.717, 1.165) is 4.90 Å². The predicted molar refractivity (Wildman–Crippen MR) is 58.5 cm³/mol. The molecule has 0 aliphatic carbocycles. The van der Waals surface area contributed by atoms with Gasteiger partial charge in [-0.1, -0.05) is 24.1 Å². The minimum atomic E-state index is -0.0307. The summed E-state index contributed by atoms with van der Waals surface area (Å²) in [4.78, 5) is 12.2. The third-order valence-electron chi connectivity index (χ3n) is 1.54. The number of hydrogen-bond donors (Lipinski definition) is 0. The molecule has 1 aromatic carbocycles. The van der Waals surface area contributed by atoms with Gasteiger partial charge in [-0.25, -0.2) is 0 Å². The lowest BCUT2D eigenvalue weighted by molar-refractivity contribution is -0.123. The van der Waals surface area contributed by atoms with Gasteiger partial charge >= 0.3 is 0 Å². The van der Waals surface area contributed by atoms with Crippen LogP contribution in [0.5, 0.6) is 0 Å². The molecule has 0 aliphatic heterocycles. The monoisotopic (exact) mass is 205 g/mol. The number of carbonyl (C=O) groups is 1. The topological polar surface area (TPSA) is 20.3 Å². The van der Waals surface area contributed by atoms with Crippen LogP contribution in [-0.4, -0.2) is 16.8 Å². The smallest absolute Gasteiger partial charge is 0.230 e. The van der Waals surface area contributed by atoms with Gasteiger partial charge < -0.3 is 0 Å². The lowest BCUT2D eigenvalue weighted by Crippen LogP contribution is -2.21. The molecule has 0 aliphatic rings. The molecule has 0 radical (unpaired) electrons. The summed E-state index contributed by atoms with van der Waals surface area (Å²) in [6, 6.07) is 9.67. The van der Waals surface area contributed by atoms with Gasteiger partial charge in [-0.2, -0.15) is 0 Å². The van der Waals surface area contributed by atoms with Crippen LogP contribution < -0.4 is 0 Å². The van der Waals surface area contributed by atoms with Gasteiger partial charge in [0, 0.05) is 11.8 Å². The van der Waals surface area contributed by atoms with Gasteiger partial charge in [0.15, 0.2) is 0 Å². The number of hydrogen-bond acceptors (Lipinski definition) is 2. The van der Waals surface area contributed by atoms with Crippen LogP contribution in [0.2, 0.25) is 0 Å². The first-order chi connectivity index (χ1) is 6.74. The van der Waals surface area contributed by atoms with Crippen LogP contribution in [0.3, 0.4) is 0 Å². The summed E-state index contributed by atoms with van der Waals surface area (Å²) >= 11 is 1.36. The Bertz CT molecular complexity index is 342. The van der Waals surface area contributed by atoms with Gasteiger partial charge in [0.05, 0.1) is 6.54 Å². The van der Waals surface area contributed by atoms with Gasteiger partial charge in [-0.05, 0) is 24.1 Å². The fraction of sp³-hybridized carbons (Fsp3) is 0.182. The van der Waals surface area contributed by atoms with Gasteiger partial charge in [0.2, 0.25) is 5.91 Å². The number of nitrogens with zero attached hydrogens (tertiary/aromatic N) is 1. The average molecular weight is 205 g/mol. The summed E-state index contributed by atoms with van der Waals surface area (Å²) in [6.45, 7) is 1.84. The molecule has 3 heteroatoms. The van der Waals surface area contributed by atoms with Crippen LogP contribution in [-0.2, 0) is 4.79 Å². The maximum atomic E-state index is 11.1. The number of terminal acetylenes is 1. The second-order valence-corrected chi connectivity index (χ2v) is 3.76. The molecule has 0 N–H and O–H groups in total. The zero-order chi connectivity index (χ0) is 10.4. The zero-order valence-corrected chi connectivity index (χ0v) is 8.75. The summed E-state index contributed by atoms with van der Waals surface area (Å²) < 4.78 is 1.55. The van der Waals surface area contributed by atoms with Crippen LogP contribution in [0.1, 0.15) is 6.92 Å². The highest BCUT2D eigenvalue weighted by Crippen LogP contribution is 2.21. The van der Waals surface area contributed by atoms with Crippen molar-refractivity contribution in [3.05, 3.63) is 30.3 Å². The summed E-state index contributed by atoms with van der Waals surface area (Å²) in [6.07, 6.45) is 5.16. The summed E-state index contributed by atoms with van der Waals surface area (Å²) in [7, 11) is 0. The van der Waals surface area contributed by atoms with E-state index < -0.39 is 0 Å². The molecule has 0 aromatic heterocycles. The Kier molecular flexibility index (Phi) is 4.09. The number of rotatable bonds is 3. The predicted octanol–water partition coefficient (Wildman–Crippen LogP) is 2.18. The van der Waals surface area contributed by atoms with Crippen molar-refractivity contribution in [2.24, 2.45) is 0 Å². The number of benzene rings is 1. The molecule has 1 rings (SSSR count). The van der Waals surface area contributed by atoms with E-state index in [1.165, 1.54) is 18.9 Å². The maximum absolute atomic E-state index is 11.1. The molecule has 0 bridgehead atoms. The van der Waals surface area contributed by atoms with Crippen LogP contribution in [0.25, 0.3) is 0 Å². The SMILES string of the molecule is C#CCN(Sc1ccccc1)C(C)=O. The van der Waals surface area contributed by atoms with E-state index in [1.807, 2.05) is 30.3 Å². The van der Waals surface area contributed by atoms with Crippen molar-refractivity contribution in [2.45, 2.75) is 11.8 Å². The van der Waals surface area contributed by atoms with E-state index in [9.17, 15) is 4.79 Å². The van der Waals surface area contributed by atoms with Crippen molar-refractivity contribution in [1.82, 2.24) is 4.31 Å². The number of amides is 1. The summed E-state index contributed by atoms with van der Waals surface area (Å²) in [5.74, 6) is 2.42. The molecule has 0 unspecified atom stereocenters. The van der Waals surface area contributed by atoms with Gasteiger partial charge in [0.1, 0.15) is 0 Å². The molecule has 1 aromatic rings. The highest BCUT2D eigenvalue weighted by atomic mass is 32.2. The molecule has 0 spiro atoms. The first kappa shape index (κ1) is 10.7. The Balaban J connectivity index is 2.66. The molecule has 0 saturated carbocycles. The van der Waals surface area contributed by atoms with E-state index in [1.54, 1.807) is 4.31 Å². The average Bonchev–Trinajstić information content (AvgIpc) is 2.18. The Morgan fingerprint density at radius 1 is 1.50 bits per heavy atom. The minimum Gasteiger partial charge on any atom is -0.274 e. The van der Waals surface area contributed by atoms with Crippen LogP contribution in [0.4, 0.5) is 0 Å². The second kappa shape index (κ2) is 5.36. The second-order valence-electron chi connectivity index (χ2n) is 2.66. The van der Waals surface area contributed by atoms with Crippen molar-refractivity contribution in [2.75, 3.05) is 6.54 Å². The Hall–Kier alpha value is -1.40. The van der Waals surface area contributed by atoms with Crippen molar-refractivity contribution in [1.29, 1.82) is 0 Å². The van der Waals surface area contributed by atoms with E-state index in [2.05, 4.69) is 5.92 Å². The van der Waals surface area contributed by atoms with E-state index in [4.69, 9.17) is 6.42 Å². The number of carbonyl (C=O) groups excluding carboxylic acids is 1. The summed E-state index contributed by atoms with van der Waals surface area (Å²) in [5.41, 5.74) is 0. The van der Waals surface area contributed by atoms with E-state index >= 15 is 0 Å². The largest absolute Gasteiger partial charge is 0.274 e. The molecule has 0 saturated heterocycles. The van der Waals surface area contributed by atoms with E-state index in [0.29, 0.717) is 6.54 Å². The van der Waals surface area contributed by atoms with Crippen molar-refractivity contribution in [3.8, 4) is 12.3 Å². The summed E-state index contributed by atoms with van der Waals surface area (Å²) in [5, 5.41) is 0. The van der Waals surface area contributed by atoms with Gasteiger partial charge in [0.25, 0.3) is 0 Å². The highest BCUT2D eigenvalue weighted by Gasteiger charge is 2.08. The molecular weight excluding hydrogens is 194 g/mol. The lowest BCUT2D eigenvalue weighted by atomic mass is 10.4. The lowest BCUT2D eigenvalue weighted by Gasteiger charge is -2.15. The third-order valence-corrected chi connectivity index (χ3v) is 2.63.